The molecule has 0 fully saturated rings. The van der Waals surface area contributed by atoms with Crippen LogP contribution in [0.1, 0.15) is 18.4 Å². The molecule has 1 aliphatic heterocycles. The highest BCUT2D eigenvalue weighted by Gasteiger charge is 2.46. The van der Waals surface area contributed by atoms with Gasteiger partial charge in [0.1, 0.15) is 0 Å². The largest absolute Gasteiger partial charge is 0.468 e. The number of carbonyl (C=O) groups excluding carboxylic acids is 3. The standard InChI is InChI=1S/C18H19NO9/c1-4-27-18-14(12(20)9-28-18)13(15(16(21)25-2)17(22)26-3)10-5-7-11(8-6-10)19(23)24/h5-8,13,15H,4,9H2,1-3H3. The van der Waals surface area contributed by atoms with E-state index < -0.39 is 34.5 Å². The molecule has 0 amide bonds. The molecule has 0 bridgehead atoms. The monoisotopic (exact) mass is 393 g/mol. The van der Waals surface area contributed by atoms with Crippen molar-refractivity contribution in [2.75, 3.05) is 27.4 Å². The highest BCUT2D eigenvalue weighted by molar-refractivity contribution is 6.04. The van der Waals surface area contributed by atoms with Crippen molar-refractivity contribution >= 4 is 23.4 Å². The number of esters is 2. The summed E-state index contributed by atoms with van der Waals surface area (Å²) in [5.74, 6) is -5.15. The summed E-state index contributed by atoms with van der Waals surface area (Å²) in [5.41, 5.74) is 0.0668. The molecule has 1 unspecified atom stereocenters. The van der Waals surface area contributed by atoms with Crippen molar-refractivity contribution < 1.29 is 38.3 Å². The molecule has 1 aliphatic rings. The number of methoxy groups -OCH3 is 2. The quantitative estimate of drug-likeness (QED) is 0.279. The van der Waals surface area contributed by atoms with Gasteiger partial charge in [-0.3, -0.25) is 24.5 Å². The first kappa shape index (κ1) is 20.9. The van der Waals surface area contributed by atoms with Crippen LogP contribution in [-0.4, -0.2) is 50.1 Å². The van der Waals surface area contributed by atoms with Crippen molar-refractivity contribution in [1.29, 1.82) is 0 Å². The summed E-state index contributed by atoms with van der Waals surface area (Å²) >= 11 is 0. The van der Waals surface area contributed by atoms with E-state index in [0.29, 0.717) is 0 Å². The maximum absolute atomic E-state index is 12.5. The summed E-state index contributed by atoms with van der Waals surface area (Å²) in [5, 5.41) is 10.9. The molecule has 0 aromatic heterocycles. The van der Waals surface area contributed by atoms with Crippen molar-refractivity contribution in [2.45, 2.75) is 12.8 Å². The van der Waals surface area contributed by atoms with Gasteiger partial charge in [0.25, 0.3) is 11.6 Å². The predicted molar refractivity (Wildman–Crippen MR) is 93.0 cm³/mol. The van der Waals surface area contributed by atoms with Crippen LogP contribution in [0, 0.1) is 16.0 Å². The van der Waals surface area contributed by atoms with Crippen molar-refractivity contribution in [1.82, 2.24) is 0 Å². The Balaban J connectivity index is 2.68. The van der Waals surface area contributed by atoms with Crippen LogP contribution in [0.25, 0.3) is 0 Å². The first-order chi connectivity index (χ1) is 13.3. The number of nitro groups is 1. The lowest BCUT2D eigenvalue weighted by molar-refractivity contribution is -0.384. The summed E-state index contributed by atoms with van der Waals surface area (Å²) < 4.78 is 20.1. The van der Waals surface area contributed by atoms with Crippen LogP contribution in [0.2, 0.25) is 0 Å². The molecule has 0 saturated carbocycles. The van der Waals surface area contributed by atoms with E-state index in [1.54, 1.807) is 6.92 Å². The van der Waals surface area contributed by atoms with Crippen molar-refractivity contribution in [3.05, 3.63) is 51.5 Å². The Labute approximate surface area is 160 Å². The zero-order valence-corrected chi connectivity index (χ0v) is 15.5. The van der Waals surface area contributed by atoms with Gasteiger partial charge in [0.2, 0.25) is 5.78 Å². The molecule has 0 spiro atoms. The number of Topliss-reactive ketones (excluding diaryl/α,β-unsaturated/α-hetero) is 1. The summed E-state index contributed by atoms with van der Waals surface area (Å²) in [6.45, 7) is 1.54. The lowest BCUT2D eigenvalue weighted by Crippen LogP contribution is -2.34. The van der Waals surface area contributed by atoms with Crippen molar-refractivity contribution in [2.24, 2.45) is 5.92 Å². The SMILES string of the molecule is CCOC1=C(C(c2ccc([N+](=O)[O-])cc2)C(C(=O)OC)C(=O)OC)C(=O)CO1. The van der Waals surface area contributed by atoms with Crippen LogP contribution >= 0.6 is 0 Å². The third kappa shape index (κ3) is 4.11. The van der Waals surface area contributed by atoms with Gasteiger partial charge in [0.15, 0.2) is 12.5 Å². The molecule has 0 saturated heterocycles. The molecule has 1 aromatic carbocycles. The van der Waals surface area contributed by atoms with Crippen molar-refractivity contribution in [3.8, 4) is 0 Å². The fourth-order valence-electron chi connectivity index (χ4n) is 2.90. The molecule has 1 heterocycles. The minimum Gasteiger partial charge on any atom is -0.468 e. The minimum atomic E-state index is -1.53. The third-order valence-electron chi connectivity index (χ3n) is 4.15. The van der Waals surface area contributed by atoms with Gasteiger partial charge < -0.3 is 18.9 Å². The molecule has 0 radical (unpaired) electrons. The van der Waals surface area contributed by atoms with Gasteiger partial charge in [0, 0.05) is 18.1 Å². The van der Waals surface area contributed by atoms with E-state index in [9.17, 15) is 24.5 Å². The molecule has 1 atom stereocenters. The first-order valence-corrected chi connectivity index (χ1v) is 8.28. The molecule has 0 N–H and O–H groups in total. The Bertz CT molecular complexity index is 797. The average Bonchev–Trinajstić information content (AvgIpc) is 3.05. The molecule has 0 aliphatic carbocycles. The van der Waals surface area contributed by atoms with Gasteiger partial charge >= 0.3 is 11.9 Å². The van der Waals surface area contributed by atoms with E-state index in [2.05, 4.69) is 0 Å². The van der Waals surface area contributed by atoms with E-state index in [1.807, 2.05) is 0 Å². The van der Waals surface area contributed by atoms with E-state index in [-0.39, 0.29) is 36.0 Å². The molecule has 1 aromatic rings. The number of ketones is 1. The summed E-state index contributed by atoms with van der Waals surface area (Å²) in [7, 11) is 2.19. The Hall–Kier alpha value is -3.43. The van der Waals surface area contributed by atoms with Crippen LogP contribution in [0.4, 0.5) is 5.69 Å². The van der Waals surface area contributed by atoms with Gasteiger partial charge in [-0.05, 0) is 12.5 Å². The van der Waals surface area contributed by atoms with Gasteiger partial charge in [-0.15, -0.1) is 0 Å². The Kier molecular flexibility index (Phi) is 6.69. The lowest BCUT2D eigenvalue weighted by atomic mass is 9.79. The first-order valence-electron chi connectivity index (χ1n) is 8.28. The predicted octanol–water partition coefficient (Wildman–Crippen LogP) is 1.49. The van der Waals surface area contributed by atoms with Crippen LogP contribution in [0.15, 0.2) is 35.8 Å². The molecule has 150 valence electrons. The maximum Gasteiger partial charge on any atom is 0.321 e. The van der Waals surface area contributed by atoms with Crippen LogP contribution in [-0.2, 0) is 33.3 Å². The van der Waals surface area contributed by atoms with Crippen molar-refractivity contribution in [3.63, 3.8) is 0 Å². The fraction of sp³-hybridized carbons (Fsp3) is 0.389. The number of non-ortho nitro benzene ring substituents is 1. The molecule has 28 heavy (non-hydrogen) atoms. The second-order valence-corrected chi connectivity index (χ2v) is 5.70. The Morgan fingerprint density at radius 1 is 1.18 bits per heavy atom. The Morgan fingerprint density at radius 2 is 1.75 bits per heavy atom. The van der Waals surface area contributed by atoms with Gasteiger partial charge in [-0.1, -0.05) is 12.1 Å². The molecule has 2 rings (SSSR count). The maximum atomic E-state index is 12.5. The van der Waals surface area contributed by atoms with E-state index in [1.165, 1.54) is 24.3 Å². The third-order valence-corrected chi connectivity index (χ3v) is 4.15. The number of nitro benzene ring substituents is 1. The number of benzene rings is 1. The van der Waals surface area contributed by atoms with Gasteiger partial charge in [-0.2, -0.15) is 0 Å². The van der Waals surface area contributed by atoms with Gasteiger partial charge in [0.05, 0.1) is 31.3 Å². The topological polar surface area (TPSA) is 131 Å². The number of hydrogen-bond donors (Lipinski definition) is 0. The van der Waals surface area contributed by atoms with E-state index in [0.717, 1.165) is 14.2 Å². The number of rotatable bonds is 8. The highest BCUT2D eigenvalue weighted by atomic mass is 16.7. The normalized spacial score (nSPS) is 14.5. The smallest absolute Gasteiger partial charge is 0.321 e. The summed E-state index contributed by atoms with van der Waals surface area (Å²) in [4.78, 5) is 47.6. The van der Waals surface area contributed by atoms with Crippen LogP contribution in [0.3, 0.4) is 0 Å². The second kappa shape index (κ2) is 8.98. The van der Waals surface area contributed by atoms with Crippen LogP contribution < -0.4 is 0 Å². The van der Waals surface area contributed by atoms with E-state index >= 15 is 0 Å². The van der Waals surface area contributed by atoms with E-state index in [4.69, 9.17) is 18.9 Å². The minimum absolute atomic E-state index is 0.0310. The second-order valence-electron chi connectivity index (χ2n) is 5.70. The average molecular weight is 393 g/mol. The van der Waals surface area contributed by atoms with Gasteiger partial charge in [-0.25, -0.2) is 0 Å². The summed E-state index contributed by atoms with van der Waals surface area (Å²) in [6.07, 6.45) is 0. The number of hydrogen-bond acceptors (Lipinski definition) is 9. The fourth-order valence-corrected chi connectivity index (χ4v) is 2.90. The van der Waals surface area contributed by atoms with Crippen LogP contribution in [0.5, 0.6) is 0 Å². The highest BCUT2D eigenvalue weighted by Crippen LogP contribution is 2.39. The molecular formula is C18H19NO9. The Morgan fingerprint density at radius 3 is 2.21 bits per heavy atom. The lowest BCUT2D eigenvalue weighted by Gasteiger charge is -2.24. The number of carbonyl (C=O) groups is 3. The molecule has 10 nitrogen and oxygen atoms in total. The molecular weight excluding hydrogens is 374 g/mol. The summed E-state index contributed by atoms with van der Waals surface area (Å²) in [6, 6.07) is 5.11. The number of ether oxygens (including phenoxy) is 4. The zero-order chi connectivity index (χ0) is 20.8. The zero-order valence-electron chi connectivity index (χ0n) is 15.5. The number of nitrogens with zero attached hydrogens (tertiary/aromatic N) is 1. The molecule has 10 heteroatoms.